The van der Waals surface area contributed by atoms with Gasteiger partial charge in [-0.3, -0.25) is 9.78 Å². The fourth-order valence-electron chi connectivity index (χ4n) is 2.94. The second kappa shape index (κ2) is 9.83. The first-order valence-corrected chi connectivity index (χ1v) is 10.8. The van der Waals surface area contributed by atoms with E-state index in [2.05, 4.69) is 15.3 Å². The molecule has 0 aliphatic carbocycles. The Balaban J connectivity index is 1.33. The van der Waals surface area contributed by atoms with E-state index in [4.69, 9.17) is 4.74 Å². The summed E-state index contributed by atoms with van der Waals surface area (Å²) in [5, 5.41) is 5.20. The molecule has 0 aliphatic heterocycles. The van der Waals surface area contributed by atoms with Gasteiger partial charge in [0.25, 0.3) is 5.91 Å². The van der Waals surface area contributed by atoms with Crippen LogP contribution in [0.2, 0.25) is 0 Å². The molecule has 0 atom stereocenters. The maximum absolute atomic E-state index is 12.6. The van der Waals surface area contributed by atoms with Crippen LogP contribution in [0.4, 0.5) is 13.2 Å². The molecule has 168 valence electrons. The van der Waals surface area contributed by atoms with Crippen molar-refractivity contribution in [3.8, 4) is 16.3 Å². The van der Waals surface area contributed by atoms with E-state index in [1.807, 2.05) is 18.2 Å². The van der Waals surface area contributed by atoms with Gasteiger partial charge in [0.05, 0.1) is 5.56 Å². The average molecular weight is 469 g/mol. The Kier molecular flexibility index (Phi) is 6.69. The van der Waals surface area contributed by atoms with Gasteiger partial charge >= 0.3 is 6.18 Å². The van der Waals surface area contributed by atoms with Crippen LogP contribution in [0.25, 0.3) is 10.6 Å². The fourth-order valence-corrected chi connectivity index (χ4v) is 3.74. The van der Waals surface area contributed by atoms with Crippen molar-refractivity contribution in [3.05, 3.63) is 101 Å². The lowest BCUT2D eigenvalue weighted by Gasteiger charge is -2.09. The lowest BCUT2D eigenvalue weighted by Crippen LogP contribution is -2.23. The number of benzene rings is 2. The first-order valence-electron chi connectivity index (χ1n) is 9.90. The highest BCUT2D eigenvalue weighted by atomic mass is 32.1. The van der Waals surface area contributed by atoms with Crippen molar-refractivity contribution >= 4 is 17.2 Å². The lowest BCUT2D eigenvalue weighted by molar-refractivity contribution is -0.137. The summed E-state index contributed by atoms with van der Waals surface area (Å²) < 4.78 is 43.6. The molecule has 0 fully saturated rings. The Bertz CT molecular complexity index is 1210. The number of rotatable bonds is 7. The SMILES string of the molecule is O=C(NCc1cccnc1)c1csc(-c2ccc(OCc3ccc(C(F)(F)F)cc3)cc2)n1. The first-order chi connectivity index (χ1) is 15.9. The topological polar surface area (TPSA) is 64.1 Å². The van der Waals surface area contributed by atoms with Crippen LogP contribution in [0, 0.1) is 0 Å². The van der Waals surface area contributed by atoms with Gasteiger partial charge in [-0.05, 0) is 53.6 Å². The number of halogens is 3. The summed E-state index contributed by atoms with van der Waals surface area (Å²) in [6.07, 6.45) is -0.998. The summed E-state index contributed by atoms with van der Waals surface area (Å²) in [7, 11) is 0. The Hall–Kier alpha value is -3.72. The molecule has 0 aliphatic rings. The molecule has 2 aromatic carbocycles. The minimum absolute atomic E-state index is 0.149. The van der Waals surface area contributed by atoms with Crippen molar-refractivity contribution in [2.75, 3.05) is 0 Å². The third-order valence-corrected chi connectivity index (χ3v) is 5.59. The van der Waals surface area contributed by atoms with Crippen LogP contribution in [0.3, 0.4) is 0 Å². The number of aromatic nitrogens is 2. The number of nitrogens with zero attached hydrogens (tertiary/aromatic N) is 2. The highest BCUT2D eigenvalue weighted by molar-refractivity contribution is 7.13. The third-order valence-electron chi connectivity index (χ3n) is 4.70. The quantitative estimate of drug-likeness (QED) is 0.375. The van der Waals surface area contributed by atoms with Gasteiger partial charge in [0.15, 0.2) is 0 Å². The van der Waals surface area contributed by atoms with Gasteiger partial charge in [0, 0.05) is 29.9 Å². The van der Waals surface area contributed by atoms with Gasteiger partial charge in [0.1, 0.15) is 23.1 Å². The summed E-state index contributed by atoms with van der Waals surface area (Å²) in [5.41, 5.74) is 2.00. The van der Waals surface area contributed by atoms with Crippen LogP contribution in [0.15, 0.2) is 78.4 Å². The highest BCUT2D eigenvalue weighted by Gasteiger charge is 2.29. The predicted molar refractivity (Wildman–Crippen MR) is 119 cm³/mol. The molecule has 0 saturated carbocycles. The zero-order valence-electron chi connectivity index (χ0n) is 17.2. The van der Waals surface area contributed by atoms with Gasteiger partial charge in [-0.1, -0.05) is 18.2 Å². The summed E-state index contributed by atoms with van der Waals surface area (Å²) in [6.45, 7) is 0.514. The van der Waals surface area contributed by atoms with E-state index in [0.717, 1.165) is 23.3 Å². The van der Waals surface area contributed by atoms with Crippen LogP contribution < -0.4 is 10.1 Å². The number of carbonyl (C=O) groups excluding carboxylic acids is 1. The van der Waals surface area contributed by atoms with E-state index in [9.17, 15) is 18.0 Å². The first kappa shape index (κ1) is 22.5. The average Bonchev–Trinajstić information content (AvgIpc) is 3.32. The molecule has 2 heterocycles. The molecule has 33 heavy (non-hydrogen) atoms. The van der Waals surface area contributed by atoms with Crippen LogP contribution in [0.5, 0.6) is 5.75 Å². The van der Waals surface area contributed by atoms with Crippen LogP contribution in [-0.4, -0.2) is 15.9 Å². The zero-order chi connectivity index (χ0) is 23.3. The van der Waals surface area contributed by atoms with E-state index in [1.54, 1.807) is 36.0 Å². The summed E-state index contributed by atoms with van der Waals surface area (Å²) in [4.78, 5) is 20.8. The van der Waals surface area contributed by atoms with Gasteiger partial charge in [-0.2, -0.15) is 13.2 Å². The number of alkyl halides is 3. The van der Waals surface area contributed by atoms with Crippen LogP contribution in [-0.2, 0) is 19.3 Å². The Morgan fingerprint density at radius 1 is 1.00 bits per heavy atom. The maximum atomic E-state index is 12.6. The van der Waals surface area contributed by atoms with E-state index in [1.165, 1.54) is 23.5 Å². The van der Waals surface area contributed by atoms with Crippen molar-refractivity contribution in [1.82, 2.24) is 15.3 Å². The lowest BCUT2D eigenvalue weighted by atomic mass is 10.1. The number of thiazole rings is 1. The van der Waals surface area contributed by atoms with Gasteiger partial charge in [-0.15, -0.1) is 11.3 Å². The number of ether oxygens (including phenoxy) is 1. The summed E-state index contributed by atoms with van der Waals surface area (Å²) in [5.74, 6) is 0.308. The fraction of sp³-hybridized carbons (Fsp3) is 0.125. The van der Waals surface area contributed by atoms with Crippen LogP contribution in [0.1, 0.15) is 27.2 Å². The number of nitrogens with one attached hydrogen (secondary N) is 1. The standard InChI is InChI=1S/C24H18F3N3O2S/c25-24(26,27)19-7-3-16(4-8-19)14-32-20-9-5-18(6-10-20)23-30-21(15-33-23)22(31)29-13-17-2-1-11-28-12-17/h1-12,15H,13-14H2,(H,29,31). The van der Waals surface area contributed by atoms with Crippen LogP contribution >= 0.6 is 11.3 Å². The van der Waals surface area contributed by atoms with Gasteiger partial charge in [-0.25, -0.2) is 4.98 Å². The Labute approximate surface area is 191 Å². The molecule has 0 saturated heterocycles. The van der Waals surface area contributed by atoms with E-state index in [0.29, 0.717) is 28.6 Å². The van der Waals surface area contributed by atoms with E-state index < -0.39 is 11.7 Å². The number of amides is 1. The second-order valence-corrected chi connectivity index (χ2v) is 7.95. The number of carbonyl (C=O) groups is 1. The van der Waals surface area contributed by atoms with E-state index >= 15 is 0 Å². The zero-order valence-corrected chi connectivity index (χ0v) is 18.0. The number of hydrogen-bond acceptors (Lipinski definition) is 5. The Morgan fingerprint density at radius 3 is 2.42 bits per heavy atom. The largest absolute Gasteiger partial charge is 0.489 e. The number of pyridine rings is 1. The van der Waals surface area contributed by atoms with Crippen molar-refractivity contribution in [2.45, 2.75) is 19.3 Å². The molecule has 0 radical (unpaired) electrons. The van der Waals surface area contributed by atoms with Crippen molar-refractivity contribution < 1.29 is 22.7 Å². The van der Waals surface area contributed by atoms with Crippen molar-refractivity contribution in [1.29, 1.82) is 0 Å². The molecular weight excluding hydrogens is 451 g/mol. The minimum atomic E-state index is -4.36. The molecule has 0 bridgehead atoms. The second-order valence-electron chi connectivity index (χ2n) is 7.09. The molecule has 4 rings (SSSR count). The molecule has 1 N–H and O–H groups in total. The van der Waals surface area contributed by atoms with Gasteiger partial charge < -0.3 is 10.1 Å². The molecular formula is C24H18F3N3O2S. The predicted octanol–water partition coefficient (Wildman–Crippen LogP) is 5.73. The van der Waals surface area contributed by atoms with Crippen molar-refractivity contribution in [3.63, 3.8) is 0 Å². The molecule has 2 aromatic heterocycles. The molecule has 0 unspecified atom stereocenters. The smallest absolute Gasteiger partial charge is 0.416 e. The number of hydrogen-bond donors (Lipinski definition) is 1. The molecule has 0 spiro atoms. The summed E-state index contributed by atoms with van der Waals surface area (Å²) in [6, 6.07) is 15.7. The third kappa shape index (κ3) is 5.95. The minimum Gasteiger partial charge on any atom is -0.489 e. The maximum Gasteiger partial charge on any atom is 0.416 e. The van der Waals surface area contributed by atoms with E-state index in [-0.39, 0.29) is 12.5 Å². The monoisotopic (exact) mass is 469 g/mol. The summed E-state index contributed by atoms with van der Waals surface area (Å²) >= 11 is 1.35. The molecule has 5 nitrogen and oxygen atoms in total. The molecule has 9 heteroatoms. The Morgan fingerprint density at radius 2 is 1.76 bits per heavy atom. The molecule has 1 amide bonds. The van der Waals surface area contributed by atoms with Crippen molar-refractivity contribution in [2.24, 2.45) is 0 Å². The normalized spacial score (nSPS) is 11.2. The highest BCUT2D eigenvalue weighted by Crippen LogP contribution is 2.29. The molecule has 4 aromatic rings. The van der Waals surface area contributed by atoms with Gasteiger partial charge in [0.2, 0.25) is 0 Å².